The largest absolute Gasteiger partial charge is 0.478 e. The Balaban J connectivity index is 1.47. The maximum absolute atomic E-state index is 12.3. The summed E-state index contributed by atoms with van der Waals surface area (Å²) in [4.78, 5) is 12.3. The lowest BCUT2D eigenvalue weighted by molar-refractivity contribution is 0.0696. The van der Waals surface area contributed by atoms with Crippen molar-refractivity contribution in [3.63, 3.8) is 0 Å². The Morgan fingerprint density at radius 3 is 1.57 bits per heavy atom. The summed E-state index contributed by atoms with van der Waals surface area (Å²) in [5.74, 6) is 1.50. The monoisotopic (exact) mass is 576 g/mol. The molecule has 0 aliphatic heterocycles. The van der Waals surface area contributed by atoms with E-state index in [1.165, 1.54) is 0 Å². The Kier molecular flexibility index (Phi) is 6.52. The van der Waals surface area contributed by atoms with Gasteiger partial charge in [0.05, 0.1) is 11.0 Å². The molecule has 6 heteroatoms. The molecule has 0 bridgehead atoms. The van der Waals surface area contributed by atoms with Gasteiger partial charge in [0.15, 0.2) is 0 Å². The fourth-order valence-electron chi connectivity index (χ4n) is 6.22. The molecule has 214 valence electrons. The number of carbonyl (C=O) groups is 1. The number of nitrogens with two attached hydrogens (primary N) is 2. The number of ether oxygens (including phenoxy) is 2. The first-order chi connectivity index (χ1) is 21.4. The van der Waals surface area contributed by atoms with Crippen LogP contribution >= 0.6 is 0 Å². The molecule has 6 nitrogen and oxygen atoms in total. The number of fused-ring (bicyclic) bond motifs is 3. The summed E-state index contributed by atoms with van der Waals surface area (Å²) in [6.45, 7) is 0. The number of hydrogen-bond donors (Lipinski definition) is 3. The smallest absolute Gasteiger partial charge is 0.335 e. The first kappa shape index (κ1) is 26.9. The zero-order valence-corrected chi connectivity index (χ0v) is 23.6. The van der Waals surface area contributed by atoms with Crippen LogP contribution in [0.25, 0.3) is 11.1 Å². The Morgan fingerprint density at radius 2 is 1.02 bits per heavy atom. The maximum atomic E-state index is 12.3. The van der Waals surface area contributed by atoms with Crippen LogP contribution in [-0.2, 0) is 5.41 Å². The summed E-state index contributed by atoms with van der Waals surface area (Å²) >= 11 is 0. The molecule has 0 saturated carbocycles. The highest BCUT2D eigenvalue weighted by Gasteiger charge is 2.46. The summed E-state index contributed by atoms with van der Waals surface area (Å²) in [6, 6.07) is 43.9. The lowest BCUT2D eigenvalue weighted by Crippen LogP contribution is -2.29. The highest BCUT2D eigenvalue weighted by atomic mass is 16.5. The zero-order chi connectivity index (χ0) is 30.3. The average Bonchev–Trinajstić information content (AvgIpc) is 3.32. The van der Waals surface area contributed by atoms with Crippen molar-refractivity contribution in [1.29, 1.82) is 0 Å². The van der Waals surface area contributed by atoms with Gasteiger partial charge in [0.1, 0.15) is 23.0 Å². The molecule has 0 spiro atoms. The Hall–Kier alpha value is -6.01. The van der Waals surface area contributed by atoms with Crippen LogP contribution in [-0.4, -0.2) is 11.1 Å². The summed E-state index contributed by atoms with van der Waals surface area (Å²) in [6.07, 6.45) is 0. The van der Waals surface area contributed by atoms with Crippen molar-refractivity contribution in [3.05, 3.63) is 167 Å². The van der Waals surface area contributed by atoms with Gasteiger partial charge >= 0.3 is 5.97 Å². The van der Waals surface area contributed by atoms with E-state index in [0.29, 0.717) is 34.4 Å². The average molecular weight is 577 g/mol. The molecular weight excluding hydrogens is 548 g/mol. The van der Waals surface area contributed by atoms with Crippen LogP contribution in [0.3, 0.4) is 0 Å². The molecule has 6 aromatic carbocycles. The molecule has 0 saturated heterocycles. The van der Waals surface area contributed by atoms with Crippen molar-refractivity contribution in [1.82, 2.24) is 0 Å². The normalized spacial score (nSPS) is 12.6. The van der Waals surface area contributed by atoms with Crippen LogP contribution < -0.4 is 20.9 Å². The number of rotatable bonds is 7. The molecular formula is C38H28N2O4. The molecule has 0 unspecified atom stereocenters. The second-order valence-electron chi connectivity index (χ2n) is 10.8. The molecule has 7 rings (SSSR count). The predicted octanol–water partition coefficient (Wildman–Crippen LogP) is 8.50. The van der Waals surface area contributed by atoms with Gasteiger partial charge in [0.25, 0.3) is 0 Å². The van der Waals surface area contributed by atoms with Gasteiger partial charge in [0, 0.05) is 23.5 Å². The number of nitrogen functional groups attached to an aromatic ring is 2. The van der Waals surface area contributed by atoms with Crippen molar-refractivity contribution in [2.75, 3.05) is 11.5 Å². The third-order valence-electron chi connectivity index (χ3n) is 8.01. The van der Waals surface area contributed by atoms with E-state index < -0.39 is 11.4 Å². The Morgan fingerprint density at radius 1 is 0.523 bits per heavy atom. The lowest BCUT2D eigenvalue weighted by atomic mass is 9.67. The molecule has 6 aromatic rings. The van der Waals surface area contributed by atoms with Crippen molar-refractivity contribution < 1.29 is 19.4 Å². The maximum Gasteiger partial charge on any atom is 0.335 e. The number of anilines is 2. The van der Waals surface area contributed by atoms with Crippen LogP contribution in [0.1, 0.15) is 32.6 Å². The summed E-state index contributed by atoms with van der Waals surface area (Å²) in [7, 11) is 0. The van der Waals surface area contributed by atoms with Gasteiger partial charge in [-0.1, -0.05) is 66.7 Å². The van der Waals surface area contributed by atoms with Gasteiger partial charge in [-0.15, -0.1) is 0 Å². The highest BCUT2D eigenvalue weighted by molar-refractivity contribution is 5.93. The molecule has 0 radical (unpaired) electrons. The van der Waals surface area contributed by atoms with E-state index in [2.05, 4.69) is 24.3 Å². The van der Waals surface area contributed by atoms with Crippen LogP contribution in [0, 0.1) is 0 Å². The minimum atomic E-state index is -0.991. The van der Waals surface area contributed by atoms with Crippen LogP contribution in [0.5, 0.6) is 23.0 Å². The van der Waals surface area contributed by atoms with Gasteiger partial charge in [-0.05, 0) is 94.0 Å². The van der Waals surface area contributed by atoms with Gasteiger partial charge in [0.2, 0.25) is 0 Å². The molecule has 44 heavy (non-hydrogen) atoms. The van der Waals surface area contributed by atoms with E-state index in [1.807, 2.05) is 91.0 Å². The molecule has 0 fully saturated rings. The molecule has 1 aliphatic rings. The van der Waals surface area contributed by atoms with E-state index >= 15 is 0 Å². The molecule has 0 aromatic heterocycles. The fraction of sp³-hybridized carbons (Fsp3) is 0.0263. The second kappa shape index (κ2) is 10.7. The molecule has 0 heterocycles. The number of carboxylic acid groups (broad SMARTS) is 1. The topological polar surface area (TPSA) is 108 Å². The second-order valence-corrected chi connectivity index (χ2v) is 10.8. The van der Waals surface area contributed by atoms with Gasteiger partial charge < -0.3 is 26.0 Å². The summed E-state index contributed by atoms with van der Waals surface area (Å²) < 4.78 is 12.6. The van der Waals surface area contributed by atoms with E-state index in [1.54, 1.807) is 24.3 Å². The van der Waals surface area contributed by atoms with E-state index in [0.717, 1.165) is 33.4 Å². The lowest BCUT2D eigenvalue weighted by Gasteiger charge is -2.34. The van der Waals surface area contributed by atoms with Gasteiger partial charge in [-0.2, -0.15) is 0 Å². The SMILES string of the molecule is Nc1cccc(Oc2cccc(C3(c4cccc(Oc5cccc(N)c5)c4)c4ccccc4-c4ccc(C(=O)O)cc43)c2)c1. The zero-order valence-electron chi connectivity index (χ0n) is 23.6. The Bertz CT molecular complexity index is 1960. The minimum Gasteiger partial charge on any atom is -0.478 e. The molecule has 1 aliphatic carbocycles. The van der Waals surface area contributed by atoms with E-state index in [-0.39, 0.29) is 5.56 Å². The van der Waals surface area contributed by atoms with Gasteiger partial charge in [-0.3, -0.25) is 0 Å². The third kappa shape index (κ3) is 4.59. The molecule has 0 atom stereocenters. The van der Waals surface area contributed by atoms with Crippen molar-refractivity contribution in [2.45, 2.75) is 5.41 Å². The molecule has 5 N–H and O–H groups in total. The Labute approximate surface area is 254 Å². The number of carboxylic acids is 1. The predicted molar refractivity (Wildman–Crippen MR) is 173 cm³/mol. The first-order valence-corrected chi connectivity index (χ1v) is 14.2. The summed E-state index contributed by atoms with van der Waals surface area (Å²) in [5.41, 5.74) is 18.3. The first-order valence-electron chi connectivity index (χ1n) is 14.2. The van der Waals surface area contributed by atoms with Crippen LogP contribution in [0.15, 0.2) is 140 Å². The fourth-order valence-corrected chi connectivity index (χ4v) is 6.22. The summed E-state index contributed by atoms with van der Waals surface area (Å²) in [5, 5.41) is 10.0. The van der Waals surface area contributed by atoms with Gasteiger partial charge in [-0.25, -0.2) is 4.79 Å². The number of hydrogen-bond acceptors (Lipinski definition) is 5. The van der Waals surface area contributed by atoms with Crippen molar-refractivity contribution in [2.24, 2.45) is 0 Å². The highest BCUT2D eigenvalue weighted by Crippen LogP contribution is 2.57. The number of aromatic carboxylic acids is 1. The minimum absolute atomic E-state index is 0.209. The standard InChI is InChI=1S/C38H28N2O4/c39-27-9-5-13-31(22-27)43-29-11-3-7-25(20-29)38(26-8-4-12-30(21-26)44-32-14-6-10-28(40)23-32)35-16-2-1-15-33(35)34-18-17-24(37(41)42)19-36(34)38/h1-23H,39-40H2,(H,41,42). The van der Waals surface area contributed by atoms with E-state index in [4.69, 9.17) is 20.9 Å². The molecule has 0 amide bonds. The van der Waals surface area contributed by atoms with Crippen molar-refractivity contribution >= 4 is 17.3 Å². The quantitative estimate of drug-likeness (QED) is 0.164. The number of benzene rings is 6. The third-order valence-corrected chi connectivity index (χ3v) is 8.01. The van der Waals surface area contributed by atoms with Crippen LogP contribution in [0.4, 0.5) is 11.4 Å². The van der Waals surface area contributed by atoms with Crippen LogP contribution in [0.2, 0.25) is 0 Å². The van der Waals surface area contributed by atoms with Crippen molar-refractivity contribution in [3.8, 4) is 34.1 Å². The van der Waals surface area contributed by atoms with E-state index in [9.17, 15) is 9.90 Å².